The van der Waals surface area contributed by atoms with Crippen molar-refractivity contribution in [1.82, 2.24) is 0 Å². The van der Waals surface area contributed by atoms with Crippen LogP contribution in [0, 0.1) is 0 Å². The van der Waals surface area contributed by atoms with Crippen molar-refractivity contribution in [3.63, 3.8) is 0 Å². The second-order valence-corrected chi connectivity index (χ2v) is 9.76. The molecule has 0 saturated carbocycles. The van der Waals surface area contributed by atoms with Crippen LogP contribution in [-0.2, 0) is 14.7 Å². The lowest BCUT2D eigenvalue weighted by molar-refractivity contribution is 0.114. The van der Waals surface area contributed by atoms with E-state index in [0.717, 1.165) is 24.0 Å². The highest BCUT2D eigenvalue weighted by molar-refractivity contribution is 7.17. The summed E-state index contributed by atoms with van der Waals surface area (Å²) in [5.41, 5.74) is 1.50. The summed E-state index contributed by atoms with van der Waals surface area (Å²) in [5, 5.41) is 0. The third-order valence-corrected chi connectivity index (χ3v) is 7.19. The zero-order valence-corrected chi connectivity index (χ0v) is 21.7. The van der Waals surface area contributed by atoms with Crippen LogP contribution in [0.4, 0.5) is 0 Å². The average molecular weight is 469 g/mol. The minimum atomic E-state index is -0.650. The van der Waals surface area contributed by atoms with Crippen molar-refractivity contribution in [2.75, 3.05) is 0 Å². The molecule has 0 aromatic heterocycles. The highest BCUT2D eigenvalue weighted by atomic mass is 31.1. The van der Waals surface area contributed by atoms with Gasteiger partial charge in [-0.15, -0.1) is 0 Å². The van der Waals surface area contributed by atoms with Crippen molar-refractivity contribution < 1.29 is 9.09 Å². The minimum Gasteiger partial charge on any atom is -0.278 e. The van der Waals surface area contributed by atoms with Crippen LogP contribution in [0.3, 0.4) is 0 Å². The molecule has 0 fully saturated rings. The molecule has 0 aliphatic rings. The smallest absolute Gasteiger partial charge is 0.278 e. The Morgan fingerprint density at radius 1 is 0.576 bits per heavy atom. The first-order valence-corrected chi connectivity index (χ1v) is 14.2. The topological polar surface area (TPSA) is 26.3 Å². The first-order chi connectivity index (χ1) is 16.3. The van der Waals surface area contributed by atoms with Crippen molar-refractivity contribution in [3.8, 4) is 0 Å². The van der Waals surface area contributed by atoms with Gasteiger partial charge in [-0.2, -0.15) is 0 Å². The Morgan fingerprint density at radius 3 is 1.30 bits per heavy atom. The van der Waals surface area contributed by atoms with Crippen LogP contribution in [-0.4, -0.2) is 0 Å². The first-order valence-electron chi connectivity index (χ1n) is 13.5. The van der Waals surface area contributed by atoms with Crippen LogP contribution in [0.1, 0.15) is 121 Å². The van der Waals surface area contributed by atoms with Crippen molar-refractivity contribution in [3.05, 3.63) is 71.8 Å². The first kappa shape index (κ1) is 27.7. The zero-order chi connectivity index (χ0) is 23.5. The van der Waals surface area contributed by atoms with E-state index in [0.29, 0.717) is 0 Å². The molecule has 2 aromatic rings. The number of benzene rings is 2. The molecule has 0 bridgehead atoms. The van der Waals surface area contributed by atoms with Gasteiger partial charge in [-0.1, -0.05) is 157 Å². The Labute approximate surface area is 204 Å². The molecule has 0 amide bonds. The van der Waals surface area contributed by atoms with Crippen LogP contribution in [0.25, 0.3) is 0 Å². The van der Waals surface area contributed by atoms with E-state index in [2.05, 4.69) is 31.2 Å². The van der Waals surface area contributed by atoms with Gasteiger partial charge in [-0.25, -0.2) is 4.57 Å². The van der Waals surface area contributed by atoms with Gasteiger partial charge in [-0.05, 0) is 24.0 Å². The summed E-state index contributed by atoms with van der Waals surface area (Å²) < 4.78 is 17.5. The summed E-state index contributed by atoms with van der Waals surface area (Å²) in [7, 11) is -0.272. The summed E-state index contributed by atoms with van der Waals surface area (Å²) in [5.74, 6) is 0. The van der Waals surface area contributed by atoms with E-state index >= 15 is 0 Å². The van der Waals surface area contributed by atoms with Gasteiger partial charge >= 0.3 is 8.69 Å². The van der Waals surface area contributed by atoms with Gasteiger partial charge in [-0.3, -0.25) is 4.52 Å². The van der Waals surface area contributed by atoms with Crippen LogP contribution in [0.15, 0.2) is 60.7 Å². The largest absolute Gasteiger partial charge is 0.328 e. The zero-order valence-electron chi connectivity index (χ0n) is 20.9. The van der Waals surface area contributed by atoms with Gasteiger partial charge in [0.15, 0.2) is 0 Å². The fraction of sp³-hybridized carbons (Fsp3) is 0.600. The molecule has 2 aromatic carbocycles. The lowest BCUT2D eigenvalue weighted by Gasteiger charge is -2.32. The van der Waals surface area contributed by atoms with Gasteiger partial charge in [0.2, 0.25) is 0 Å². The molecule has 0 unspecified atom stereocenters. The Morgan fingerprint density at radius 2 is 0.939 bits per heavy atom. The Bertz CT molecular complexity index is 677. The van der Waals surface area contributed by atoms with Crippen molar-refractivity contribution in [2.24, 2.45) is 0 Å². The Balaban J connectivity index is 1.66. The molecule has 0 radical (unpaired) electrons. The maximum Gasteiger partial charge on any atom is 0.328 e. The summed E-state index contributed by atoms with van der Waals surface area (Å²) in [6, 6.07) is 20.5. The van der Waals surface area contributed by atoms with Crippen molar-refractivity contribution >= 4 is 8.69 Å². The van der Waals surface area contributed by atoms with Crippen molar-refractivity contribution in [1.29, 1.82) is 0 Å². The van der Waals surface area contributed by atoms with Crippen LogP contribution >= 0.6 is 8.69 Å². The quantitative estimate of drug-likeness (QED) is 0.143. The molecule has 0 aliphatic carbocycles. The van der Waals surface area contributed by atoms with Gasteiger partial charge in [0.1, 0.15) is 5.60 Å². The van der Waals surface area contributed by atoms with Gasteiger partial charge in [0, 0.05) is 0 Å². The summed E-state index contributed by atoms with van der Waals surface area (Å²) in [4.78, 5) is 0. The second kappa shape index (κ2) is 17.9. The fourth-order valence-corrected chi connectivity index (χ4v) is 5.26. The van der Waals surface area contributed by atoms with E-state index in [1.54, 1.807) is 0 Å². The van der Waals surface area contributed by atoms with Gasteiger partial charge in [0.25, 0.3) is 0 Å². The standard InChI is InChI=1S/C30H45O2P/c1-2-3-4-5-6-7-8-9-10-11-12-13-14-15-22-27-30(32-33-31,28-23-18-16-19-24-28)29-25-20-17-21-26-29/h16-21,23-26H,2-15,22,27H2,1H3. The SMILES string of the molecule is CCCCCCCCCCCCCCCCCC(OP=O)(c1ccccc1)c1ccccc1. The lowest BCUT2D eigenvalue weighted by atomic mass is 9.82. The summed E-state index contributed by atoms with van der Waals surface area (Å²) >= 11 is 0. The van der Waals surface area contributed by atoms with E-state index in [1.165, 1.54) is 89.9 Å². The molecule has 2 rings (SSSR count). The van der Waals surface area contributed by atoms with E-state index in [9.17, 15) is 4.57 Å². The molecular weight excluding hydrogens is 423 g/mol. The fourth-order valence-electron chi connectivity index (χ4n) is 4.83. The maximum absolute atomic E-state index is 11.6. The lowest BCUT2D eigenvalue weighted by Crippen LogP contribution is -2.28. The molecule has 33 heavy (non-hydrogen) atoms. The van der Waals surface area contributed by atoms with Gasteiger partial charge in [0.05, 0.1) is 0 Å². The molecule has 0 spiro atoms. The molecule has 0 aliphatic heterocycles. The normalized spacial score (nSPS) is 11.8. The monoisotopic (exact) mass is 468 g/mol. The maximum atomic E-state index is 11.6. The predicted octanol–water partition coefficient (Wildman–Crippen LogP) is 10.4. The minimum absolute atomic E-state index is 0.272. The number of hydrogen-bond acceptors (Lipinski definition) is 2. The predicted molar refractivity (Wildman–Crippen MR) is 142 cm³/mol. The highest BCUT2D eigenvalue weighted by Gasteiger charge is 2.35. The summed E-state index contributed by atoms with van der Waals surface area (Å²) in [6.07, 6.45) is 21.1. The third-order valence-electron chi connectivity index (χ3n) is 6.81. The van der Waals surface area contributed by atoms with E-state index in [4.69, 9.17) is 4.52 Å². The Kier molecular flexibility index (Phi) is 15.1. The number of unbranched alkanes of at least 4 members (excludes halogenated alkanes) is 14. The van der Waals surface area contributed by atoms with Crippen LogP contribution < -0.4 is 0 Å². The van der Waals surface area contributed by atoms with Crippen LogP contribution in [0.2, 0.25) is 0 Å². The molecule has 182 valence electrons. The van der Waals surface area contributed by atoms with Crippen molar-refractivity contribution in [2.45, 2.75) is 115 Å². The molecule has 2 nitrogen and oxygen atoms in total. The molecule has 0 N–H and O–H groups in total. The van der Waals surface area contributed by atoms with E-state index < -0.39 is 5.60 Å². The third kappa shape index (κ3) is 10.5. The Hall–Kier alpha value is -1.50. The average Bonchev–Trinajstić information content (AvgIpc) is 2.87. The van der Waals surface area contributed by atoms with E-state index in [1.807, 2.05) is 36.4 Å². The molecule has 0 heterocycles. The molecule has 0 saturated heterocycles. The van der Waals surface area contributed by atoms with Crippen LogP contribution in [0.5, 0.6) is 0 Å². The number of rotatable bonds is 20. The molecule has 0 atom stereocenters. The molecule has 3 heteroatoms. The summed E-state index contributed by atoms with van der Waals surface area (Å²) in [6.45, 7) is 2.28. The highest BCUT2D eigenvalue weighted by Crippen LogP contribution is 2.41. The molecular formula is C30H45O2P. The number of hydrogen-bond donors (Lipinski definition) is 0. The van der Waals surface area contributed by atoms with Gasteiger partial charge < -0.3 is 0 Å². The van der Waals surface area contributed by atoms with E-state index in [-0.39, 0.29) is 8.69 Å². The second-order valence-electron chi connectivity index (χ2n) is 9.42.